The van der Waals surface area contributed by atoms with Crippen LogP contribution in [0.3, 0.4) is 0 Å². The minimum Gasteiger partial charge on any atom is -0.0925 e. The van der Waals surface area contributed by atoms with Gasteiger partial charge in [-0.2, -0.15) is 0 Å². The summed E-state index contributed by atoms with van der Waals surface area (Å²) >= 11 is 3.51. The van der Waals surface area contributed by atoms with Crippen molar-refractivity contribution in [3.05, 3.63) is 0 Å². The standard InChI is InChI=1S/C7H13Br.C2H6/c8-6-7-4-2-1-3-5-7;1-2/h7H,1-6H2;1-2H3. The van der Waals surface area contributed by atoms with Gasteiger partial charge < -0.3 is 0 Å². The Labute approximate surface area is 73.5 Å². The van der Waals surface area contributed by atoms with Gasteiger partial charge in [-0.25, -0.2) is 0 Å². The van der Waals surface area contributed by atoms with Crippen molar-refractivity contribution in [1.29, 1.82) is 0 Å². The average molecular weight is 207 g/mol. The molecule has 1 heteroatoms. The third kappa shape index (κ3) is 4.32. The maximum atomic E-state index is 3.51. The zero-order valence-corrected chi connectivity index (χ0v) is 8.78. The van der Waals surface area contributed by atoms with Crippen molar-refractivity contribution in [3.8, 4) is 0 Å². The Hall–Kier alpha value is 0.480. The van der Waals surface area contributed by atoms with E-state index in [2.05, 4.69) is 15.9 Å². The molecule has 1 rings (SSSR count). The lowest BCUT2D eigenvalue weighted by molar-refractivity contribution is 0.392. The predicted octanol–water partition coefficient (Wildman–Crippen LogP) is 3.99. The third-order valence-corrected chi connectivity index (χ3v) is 2.86. The molecule has 1 aliphatic carbocycles. The van der Waals surface area contributed by atoms with Gasteiger partial charge in [-0.05, 0) is 18.8 Å². The molecule has 1 saturated carbocycles. The molecule has 0 saturated heterocycles. The molecule has 0 radical (unpaired) electrons. The monoisotopic (exact) mass is 206 g/mol. The second-order valence-electron chi connectivity index (χ2n) is 2.66. The zero-order chi connectivity index (χ0) is 7.82. The average Bonchev–Trinajstić information content (AvgIpc) is 2.10. The largest absolute Gasteiger partial charge is 0.0925 e. The van der Waals surface area contributed by atoms with Crippen LogP contribution in [0.25, 0.3) is 0 Å². The van der Waals surface area contributed by atoms with Gasteiger partial charge in [-0.1, -0.05) is 49.0 Å². The Morgan fingerprint density at radius 1 is 1.10 bits per heavy atom. The van der Waals surface area contributed by atoms with Crippen LogP contribution in [0, 0.1) is 5.92 Å². The van der Waals surface area contributed by atoms with E-state index in [1.165, 1.54) is 37.4 Å². The molecule has 0 heterocycles. The molecule has 10 heavy (non-hydrogen) atoms. The first-order chi connectivity index (χ1) is 4.93. The molecular formula is C9H19Br. The van der Waals surface area contributed by atoms with Crippen LogP contribution in [0.1, 0.15) is 46.0 Å². The smallest absolute Gasteiger partial charge is 0.00596 e. The summed E-state index contributed by atoms with van der Waals surface area (Å²) in [5, 5.41) is 1.23. The van der Waals surface area contributed by atoms with Gasteiger partial charge in [0, 0.05) is 5.33 Å². The van der Waals surface area contributed by atoms with Crippen molar-refractivity contribution >= 4 is 15.9 Å². The van der Waals surface area contributed by atoms with E-state index < -0.39 is 0 Å². The van der Waals surface area contributed by atoms with E-state index in [9.17, 15) is 0 Å². The van der Waals surface area contributed by atoms with Crippen molar-refractivity contribution in [2.24, 2.45) is 5.92 Å². The van der Waals surface area contributed by atoms with Crippen molar-refractivity contribution in [2.75, 3.05) is 5.33 Å². The number of hydrogen-bond donors (Lipinski definition) is 0. The summed E-state index contributed by atoms with van der Waals surface area (Å²) in [4.78, 5) is 0. The first-order valence-corrected chi connectivity index (χ1v) is 5.61. The van der Waals surface area contributed by atoms with Crippen LogP contribution in [0.15, 0.2) is 0 Å². The summed E-state index contributed by atoms with van der Waals surface area (Å²) in [6.07, 6.45) is 7.34. The van der Waals surface area contributed by atoms with Crippen molar-refractivity contribution in [2.45, 2.75) is 46.0 Å². The number of hydrogen-bond acceptors (Lipinski definition) is 0. The molecule has 62 valence electrons. The highest BCUT2D eigenvalue weighted by molar-refractivity contribution is 9.09. The number of rotatable bonds is 1. The van der Waals surface area contributed by atoms with E-state index >= 15 is 0 Å². The zero-order valence-electron chi connectivity index (χ0n) is 7.20. The molecule has 0 spiro atoms. The lowest BCUT2D eigenvalue weighted by atomic mass is 9.91. The quantitative estimate of drug-likeness (QED) is 0.570. The molecule has 0 aromatic heterocycles. The fraction of sp³-hybridized carbons (Fsp3) is 1.00. The lowest BCUT2D eigenvalue weighted by Gasteiger charge is -2.18. The maximum absolute atomic E-state index is 3.51. The molecule has 0 aromatic rings. The summed E-state index contributed by atoms with van der Waals surface area (Å²) in [5.41, 5.74) is 0. The van der Waals surface area contributed by atoms with E-state index in [0.29, 0.717) is 0 Å². The molecule has 0 aliphatic heterocycles. The highest BCUT2D eigenvalue weighted by Crippen LogP contribution is 2.24. The molecule has 1 aliphatic rings. The van der Waals surface area contributed by atoms with Crippen molar-refractivity contribution in [3.63, 3.8) is 0 Å². The summed E-state index contributed by atoms with van der Waals surface area (Å²) in [5.74, 6) is 1.00. The van der Waals surface area contributed by atoms with Gasteiger partial charge in [0.15, 0.2) is 0 Å². The summed E-state index contributed by atoms with van der Waals surface area (Å²) < 4.78 is 0. The van der Waals surface area contributed by atoms with Gasteiger partial charge in [0.1, 0.15) is 0 Å². The fourth-order valence-electron chi connectivity index (χ4n) is 1.34. The van der Waals surface area contributed by atoms with Gasteiger partial charge in [-0.3, -0.25) is 0 Å². The highest BCUT2D eigenvalue weighted by atomic mass is 79.9. The van der Waals surface area contributed by atoms with Gasteiger partial charge in [0.2, 0.25) is 0 Å². The topological polar surface area (TPSA) is 0 Å². The molecule has 0 unspecified atom stereocenters. The van der Waals surface area contributed by atoms with Gasteiger partial charge in [-0.15, -0.1) is 0 Å². The minimum absolute atomic E-state index is 1.00. The lowest BCUT2D eigenvalue weighted by Crippen LogP contribution is -2.06. The number of halogens is 1. The molecule has 1 fully saturated rings. The predicted molar refractivity (Wildman–Crippen MR) is 51.7 cm³/mol. The van der Waals surface area contributed by atoms with Crippen molar-refractivity contribution in [1.82, 2.24) is 0 Å². The van der Waals surface area contributed by atoms with Gasteiger partial charge in [0.25, 0.3) is 0 Å². The highest BCUT2D eigenvalue weighted by Gasteiger charge is 2.10. The van der Waals surface area contributed by atoms with Crippen LogP contribution in [-0.2, 0) is 0 Å². The van der Waals surface area contributed by atoms with Crippen molar-refractivity contribution < 1.29 is 0 Å². The van der Waals surface area contributed by atoms with Crippen LogP contribution < -0.4 is 0 Å². The van der Waals surface area contributed by atoms with E-state index in [4.69, 9.17) is 0 Å². The SMILES string of the molecule is BrCC1CCCCC1.CC. The van der Waals surface area contributed by atoms with Crippen LogP contribution in [-0.4, -0.2) is 5.33 Å². The molecule has 0 N–H and O–H groups in total. The first-order valence-electron chi connectivity index (χ1n) is 4.49. The Morgan fingerprint density at radius 2 is 1.60 bits per heavy atom. The summed E-state index contributed by atoms with van der Waals surface area (Å²) in [6.45, 7) is 4.00. The summed E-state index contributed by atoms with van der Waals surface area (Å²) in [6, 6.07) is 0. The molecule has 0 amide bonds. The van der Waals surface area contributed by atoms with E-state index in [1.54, 1.807) is 0 Å². The molecule has 0 nitrogen and oxygen atoms in total. The Kier molecular flexibility index (Phi) is 7.95. The normalized spacial score (nSPS) is 19.5. The Morgan fingerprint density at radius 3 is 1.90 bits per heavy atom. The summed E-state index contributed by atoms with van der Waals surface area (Å²) in [7, 11) is 0. The molecular weight excluding hydrogens is 188 g/mol. The second kappa shape index (κ2) is 7.59. The molecule has 0 aromatic carbocycles. The van der Waals surface area contributed by atoms with E-state index in [0.717, 1.165) is 5.92 Å². The second-order valence-corrected chi connectivity index (χ2v) is 3.31. The van der Waals surface area contributed by atoms with E-state index in [-0.39, 0.29) is 0 Å². The van der Waals surface area contributed by atoms with Crippen LogP contribution >= 0.6 is 15.9 Å². The van der Waals surface area contributed by atoms with Crippen LogP contribution in [0.2, 0.25) is 0 Å². The molecule has 0 bridgehead atoms. The number of alkyl halides is 1. The van der Waals surface area contributed by atoms with Gasteiger partial charge >= 0.3 is 0 Å². The Bertz CT molecular complexity index is 55.7. The third-order valence-electron chi connectivity index (χ3n) is 1.94. The minimum atomic E-state index is 1.00. The van der Waals surface area contributed by atoms with Crippen LogP contribution in [0.4, 0.5) is 0 Å². The Balaban J connectivity index is 0.000000371. The molecule has 0 atom stereocenters. The maximum Gasteiger partial charge on any atom is 0.00596 e. The first kappa shape index (κ1) is 10.5. The van der Waals surface area contributed by atoms with Gasteiger partial charge in [0.05, 0.1) is 0 Å². The van der Waals surface area contributed by atoms with E-state index in [1.807, 2.05) is 13.8 Å². The van der Waals surface area contributed by atoms with Crippen LogP contribution in [0.5, 0.6) is 0 Å². The fourth-order valence-corrected chi connectivity index (χ4v) is 1.99.